The molecular weight excluding hydrogens is 464 g/mol. The number of amides is 1. The van der Waals surface area contributed by atoms with Crippen molar-refractivity contribution in [2.75, 3.05) is 25.0 Å². The minimum absolute atomic E-state index is 0.0636. The Hall–Kier alpha value is -2.43. The topological polar surface area (TPSA) is 102 Å². The Bertz CT molecular complexity index is 1210. The third kappa shape index (κ3) is 4.15. The quantitative estimate of drug-likeness (QED) is 0.647. The molecule has 5 rings (SSSR count). The van der Waals surface area contributed by atoms with E-state index in [1.807, 2.05) is 12.1 Å². The highest BCUT2D eigenvalue weighted by Gasteiger charge is 2.37. The summed E-state index contributed by atoms with van der Waals surface area (Å²) in [5.74, 6) is -0.757. The van der Waals surface area contributed by atoms with Gasteiger partial charge in [-0.2, -0.15) is 0 Å². The predicted octanol–water partition coefficient (Wildman–Crippen LogP) is 2.89. The van der Waals surface area contributed by atoms with Gasteiger partial charge in [0.1, 0.15) is 6.10 Å². The molecule has 1 aromatic heterocycles. The molecule has 0 bridgehead atoms. The second kappa shape index (κ2) is 8.73. The van der Waals surface area contributed by atoms with Gasteiger partial charge >= 0.3 is 5.97 Å². The maximum atomic E-state index is 13.4. The predicted molar refractivity (Wildman–Crippen MR) is 123 cm³/mol. The molecule has 1 aliphatic carbocycles. The average Bonchev–Trinajstić information content (AvgIpc) is 3.56. The summed E-state index contributed by atoms with van der Waals surface area (Å²) in [6, 6.07) is 5.58. The fourth-order valence-corrected chi connectivity index (χ4v) is 7.83. The summed E-state index contributed by atoms with van der Waals surface area (Å²) in [5.41, 5.74) is 3.61. The third-order valence-electron chi connectivity index (χ3n) is 6.53. The van der Waals surface area contributed by atoms with E-state index in [1.165, 1.54) is 12.7 Å². The minimum atomic E-state index is -4.02. The van der Waals surface area contributed by atoms with E-state index >= 15 is 0 Å². The van der Waals surface area contributed by atoms with E-state index in [1.54, 1.807) is 11.0 Å². The number of rotatable bonds is 5. The van der Waals surface area contributed by atoms with Crippen LogP contribution >= 0.6 is 11.3 Å². The van der Waals surface area contributed by atoms with Gasteiger partial charge in [0.05, 0.1) is 19.2 Å². The third-order valence-corrected chi connectivity index (χ3v) is 9.64. The van der Waals surface area contributed by atoms with Crippen molar-refractivity contribution in [2.24, 2.45) is 0 Å². The van der Waals surface area contributed by atoms with E-state index < -0.39 is 22.1 Å². The lowest BCUT2D eigenvalue weighted by Gasteiger charge is -2.29. The second-order valence-electron chi connectivity index (χ2n) is 8.61. The Labute approximate surface area is 196 Å². The van der Waals surface area contributed by atoms with Gasteiger partial charge in [-0.3, -0.25) is 9.52 Å². The van der Waals surface area contributed by atoms with Crippen molar-refractivity contribution in [2.45, 2.75) is 55.4 Å². The molecule has 1 aromatic carbocycles. The Morgan fingerprint density at radius 1 is 1.18 bits per heavy atom. The number of hydrogen-bond acceptors (Lipinski definition) is 7. The van der Waals surface area contributed by atoms with E-state index in [9.17, 15) is 18.0 Å². The smallest absolute Gasteiger partial charge is 0.340 e. The number of aryl methyl sites for hydroxylation is 2. The van der Waals surface area contributed by atoms with Gasteiger partial charge in [-0.1, -0.05) is 6.07 Å². The number of nitrogens with zero attached hydrogens (tertiary/aromatic N) is 1. The van der Waals surface area contributed by atoms with Crippen LogP contribution in [0.15, 0.2) is 22.4 Å². The van der Waals surface area contributed by atoms with E-state index in [0.717, 1.165) is 42.6 Å². The number of fused-ring (bicyclic) bond motifs is 2. The van der Waals surface area contributed by atoms with Gasteiger partial charge in [-0.05, 0) is 67.3 Å². The first kappa shape index (κ1) is 22.4. The van der Waals surface area contributed by atoms with Gasteiger partial charge in [-0.25, -0.2) is 13.2 Å². The first-order valence-electron chi connectivity index (χ1n) is 11.2. The van der Waals surface area contributed by atoms with E-state index in [2.05, 4.69) is 4.72 Å². The van der Waals surface area contributed by atoms with Crippen molar-refractivity contribution in [3.8, 4) is 0 Å². The fraction of sp³-hybridized carbons (Fsp3) is 0.478. The number of anilines is 1. The number of hydrogen-bond donors (Lipinski definition) is 1. The van der Waals surface area contributed by atoms with Crippen LogP contribution in [0.4, 0.5) is 5.69 Å². The molecule has 3 heterocycles. The number of thiophene rings is 1. The molecule has 10 heteroatoms. The number of ether oxygens (including phenoxy) is 2. The minimum Gasteiger partial charge on any atom is -0.465 e. The van der Waals surface area contributed by atoms with Crippen LogP contribution in [0.2, 0.25) is 0 Å². The molecule has 3 aliphatic rings. The highest BCUT2D eigenvalue weighted by atomic mass is 32.2. The summed E-state index contributed by atoms with van der Waals surface area (Å²) in [6.45, 7) is 1.25. The van der Waals surface area contributed by atoms with Crippen LogP contribution in [-0.2, 0) is 50.1 Å². The van der Waals surface area contributed by atoms with Gasteiger partial charge in [0.2, 0.25) is 0 Å². The first-order chi connectivity index (χ1) is 15.9. The number of methoxy groups -OCH3 is 1. The molecule has 1 saturated heterocycles. The zero-order valence-electron chi connectivity index (χ0n) is 18.4. The first-order valence-corrected chi connectivity index (χ1v) is 13.4. The monoisotopic (exact) mass is 490 g/mol. The molecule has 33 heavy (non-hydrogen) atoms. The van der Waals surface area contributed by atoms with Gasteiger partial charge in [0.25, 0.3) is 15.9 Å². The van der Waals surface area contributed by atoms with E-state index in [4.69, 9.17) is 9.47 Å². The van der Waals surface area contributed by atoms with Gasteiger partial charge in [0, 0.05) is 23.7 Å². The zero-order chi connectivity index (χ0) is 23.2. The number of benzene rings is 1. The molecule has 2 aromatic rings. The Balaban J connectivity index is 1.46. The highest BCUT2D eigenvalue weighted by Crippen LogP contribution is 2.38. The van der Waals surface area contributed by atoms with Crippen molar-refractivity contribution < 1.29 is 27.5 Å². The number of nitrogens with one attached hydrogen (secondary N) is 1. The Morgan fingerprint density at radius 3 is 2.76 bits per heavy atom. The molecule has 176 valence electrons. The largest absolute Gasteiger partial charge is 0.465 e. The molecule has 0 unspecified atom stereocenters. The van der Waals surface area contributed by atoms with Crippen LogP contribution in [0.25, 0.3) is 0 Å². The van der Waals surface area contributed by atoms with Gasteiger partial charge in [0.15, 0.2) is 4.21 Å². The molecule has 8 nitrogen and oxygen atoms in total. The van der Waals surface area contributed by atoms with Crippen LogP contribution < -0.4 is 4.72 Å². The number of sulfonamides is 1. The average molecular weight is 491 g/mol. The lowest BCUT2D eigenvalue weighted by molar-refractivity contribution is -0.141. The summed E-state index contributed by atoms with van der Waals surface area (Å²) in [4.78, 5) is 27.8. The van der Waals surface area contributed by atoms with Crippen molar-refractivity contribution in [3.63, 3.8) is 0 Å². The number of esters is 1. The van der Waals surface area contributed by atoms with Crippen LogP contribution in [0.1, 0.15) is 51.2 Å². The van der Waals surface area contributed by atoms with Crippen molar-refractivity contribution >= 4 is 38.9 Å². The molecule has 1 N–H and O–H groups in total. The van der Waals surface area contributed by atoms with E-state index in [0.29, 0.717) is 42.1 Å². The Kier molecular flexibility index (Phi) is 5.92. The van der Waals surface area contributed by atoms with Crippen LogP contribution in [0.5, 0.6) is 0 Å². The summed E-state index contributed by atoms with van der Waals surface area (Å²) < 4.78 is 39.8. The van der Waals surface area contributed by atoms with Crippen LogP contribution in [-0.4, -0.2) is 51.6 Å². The van der Waals surface area contributed by atoms with Gasteiger partial charge < -0.3 is 14.4 Å². The van der Waals surface area contributed by atoms with E-state index in [-0.39, 0.29) is 22.2 Å². The summed E-state index contributed by atoms with van der Waals surface area (Å²) >= 11 is 1.03. The molecular formula is C23H26N2O6S2. The maximum Gasteiger partial charge on any atom is 0.340 e. The normalized spacial score (nSPS) is 19.8. The Morgan fingerprint density at radius 2 is 2.00 bits per heavy atom. The van der Waals surface area contributed by atoms with Crippen molar-refractivity contribution in [1.82, 2.24) is 4.90 Å². The number of carbonyl (C=O) groups excluding carboxylic acids is 2. The lowest BCUT2D eigenvalue weighted by atomic mass is 10.0. The zero-order valence-corrected chi connectivity index (χ0v) is 20.0. The number of carbonyl (C=O) groups is 2. The summed E-state index contributed by atoms with van der Waals surface area (Å²) in [5, 5.41) is 0. The van der Waals surface area contributed by atoms with Crippen LogP contribution in [0.3, 0.4) is 0 Å². The molecule has 2 aliphatic heterocycles. The molecule has 0 radical (unpaired) electrons. The summed E-state index contributed by atoms with van der Waals surface area (Å²) in [6.07, 6.45) is 4.52. The highest BCUT2D eigenvalue weighted by molar-refractivity contribution is 7.94. The van der Waals surface area contributed by atoms with Crippen LogP contribution in [0, 0.1) is 0 Å². The second-order valence-corrected chi connectivity index (χ2v) is 11.6. The SMILES string of the molecule is COC(=O)c1c(S(=O)(=O)Nc2ccc3c(c2)CCC3)sc2c1CCN(C(=O)[C@@H]1CCCO1)C2. The van der Waals surface area contributed by atoms with Gasteiger partial charge in [-0.15, -0.1) is 11.3 Å². The lowest BCUT2D eigenvalue weighted by Crippen LogP contribution is -2.41. The fourth-order valence-electron chi connectivity index (χ4n) is 4.88. The maximum absolute atomic E-state index is 13.4. The molecule has 1 atom stereocenters. The standard InChI is InChI=1S/C23H26N2O6S2/c1-30-22(27)20-17-9-10-25(21(26)18-6-3-11-31-18)13-19(17)32-23(20)33(28,29)24-16-8-7-14-4-2-5-15(14)12-16/h7-8,12,18,24H,2-6,9-11,13H2,1H3/t18-/m0/s1. The molecule has 1 fully saturated rings. The summed E-state index contributed by atoms with van der Waals surface area (Å²) in [7, 11) is -2.78. The molecule has 0 saturated carbocycles. The molecule has 1 amide bonds. The van der Waals surface area contributed by atoms with Crippen molar-refractivity contribution in [1.29, 1.82) is 0 Å². The molecule has 0 spiro atoms. The van der Waals surface area contributed by atoms with Crippen molar-refractivity contribution in [3.05, 3.63) is 45.3 Å².